The van der Waals surface area contributed by atoms with E-state index in [4.69, 9.17) is 4.74 Å². The van der Waals surface area contributed by atoms with Crippen molar-refractivity contribution in [2.24, 2.45) is 0 Å². The second-order valence-corrected chi connectivity index (χ2v) is 7.06. The van der Waals surface area contributed by atoms with Crippen molar-refractivity contribution in [3.05, 3.63) is 90.1 Å². The van der Waals surface area contributed by atoms with Gasteiger partial charge in [-0.15, -0.1) is 0 Å². The van der Waals surface area contributed by atoms with E-state index in [1.807, 2.05) is 24.4 Å². The molecule has 0 aliphatic rings. The van der Waals surface area contributed by atoms with Crippen LogP contribution in [-0.2, 0) is 0 Å². The third-order valence-corrected chi connectivity index (χ3v) is 5.30. The molecule has 1 heterocycles. The lowest BCUT2D eigenvalue weighted by Crippen LogP contribution is -1.92. The summed E-state index contributed by atoms with van der Waals surface area (Å²) in [6, 6.07) is 21.3. The molecule has 0 unspecified atom stereocenters. The largest absolute Gasteiger partial charge is 0.496 e. The minimum atomic E-state index is 0.800. The van der Waals surface area contributed by atoms with E-state index in [1.165, 1.54) is 21.9 Å². The Morgan fingerprint density at radius 3 is 2.36 bits per heavy atom. The summed E-state index contributed by atoms with van der Waals surface area (Å²) in [7, 11) is 1.68. The molecule has 2 heteroatoms. The number of fused-ring (bicyclic) bond motifs is 1. The van der Waals surface area contributed by atoms with E-state index in [2.05, 4.69) is 67.9 Å². The van der Waals surface area contributed by atoms with E-state index in [0.717, 1.165) is 33.7 Å². The van der Waals surface area contributed by atoms with Crippen molar-refractivity contribution in [2.75, 3.05) is 7.11 Å². The van der Waals surface area contributed by atoms with E-state index >= 15 is 0 Å². The highest BCUT2D eigenvalue weighted by Crippen LogP contribution is 2.35. The molecule has 0 saturated heterocycles. The van der Waals surface area contributed by atoms with Crippen molar-refractivity contribution < 1.29 is 4.74 Å². The molecule has 138 valence electrons. The number of methoxy groups -OCH3 is 1. The van der Waals surface area contributed by atoms with Gasteiger partial charge in [0.05, 0.1) is 12.8 Å². The van der Waals surface area contributed by atoms with Crippen LogP contribution in [-0.4, -0.2) is 12.1 Å². The fourth-order valence-corrected chi connectivity index (χ4v) is 3.59. The Labute approximate surface area is 166 Å². The first-order valence-electron chi connectivity index (χ1n) is 9.38. The number of ether oxygens (including phenoxy) is 1. The molecule has 0 radical (unpaired) electrons. The number of hydrogen-bond acceptors (Lipinski definition) is 2. The fraction of sp³-hybridized carbons (Fsp3) is 0.115. The second-order valence-electron chi connectivity index (χ2n) is 7.06. The van der Waals surface area contributed by atoms with Crippen LogP contribution in [0.1, 0.15) is 16.7 Å². The number of pyridine rings is 1. The smallest absolute Gasteiger partial charge is 0.126 e. The Kier molecular flexibility index (Phi) is 4.70. The summed E-state index contributed by atoms with van der Waals surface area (Å²) < 4.78 is 5.53. The lowest BCUT2D eigenvalue weighted by Gasteiger charge is -2.13. The standard InChI is InChI=1S/C26H23NO/c1-5-19-8-11-22(16-25(19)28-4)26-24(7-6-12-27-26)21-10-9-20-13-17(2)18(3)14-23(20)15-21/h5-16H,1H2,2-4H3. The molecular formula is C26H23NO. The highest BCUT2D eigenvalue weighted by Gasteiger charge is 2.12. The van der Waals surface area contributed by atoms with Crippen molar-refractivity contribution in [3.8, 4) is 28.1 Å². The van der Waals surface area contributed by atoms with Crippen LogP contribution >= 0.6 is 0 Å². The zero-order valence-electron chi connectivity index (χ0n) is 16.5. The van der Waals surface area contributed by atoms with Gasteiger partial charge in [0, 0.05) is 22.9 Å². The minimum absolute atomic E-state index is 0.800. The molecule has 1 aromatic heterocycles. The summed E-state index contributed by atoms with van der Waals surface area (Å²) in [6.45, 7) is 8.17. The van der Waals surface area contributed by atoms with Crippen molar-refractivity contribution in [2.45, 2.75) is 13.8 Å². The first-order valence-corrected chi connectivity index (χ1v) is 9.38. The first-order chi connectivity index (χ1) is 13.6. The molecule has 2 nitrogen and oxygen atoms in total. The van der Waals surface area contributed by atoms with Gasteiger partial charge in [0.15, 0.2) is 0 Å². The number of aryl methyl sites for hydroxylation is 2. The number of benzene rings is 3. The van der Waals surface area contributed by atoms with Gasteiger partial charge < -0.3 is 4.74 Å². The van der Waals surface area contributed by atoms with Crippen LogP contribution in [0, 0.1) is 13.8 Å². The van der Waals surface area contributed by atoms with Crippen LogP contribution in [0.5, 0.6) is 5.75 Å². The van der Waals surface area contributed by atoms with E-state index in [9.17, 15) is 0 Å². The van der Waals surface area contributed by atoms with Gasteiger partial charge in [-0.1, -0.05) is 55.1 Å². The number of rotatable bonds is 4. The summed E-state index contributed by atoms with van der Waals surface area (Å²) in [4.78, 5) is 4.69. The second kappa shape index (κ2) is 7.32. The Balaban J connectivity index is 1.88. The van der Waals surface area contributed by atoms with Crippen LogP contribution in [0.2, 0.25) is 0 Å². The van der Waals surface area contributed by atoms with Gasteiger partial charge >= 0.3 is 0 Å². The first kappa shape index (κ1) is 18.0. The van der Waals surface area contributed by atoms with E-state index in [1.54, 1.807) is 13.2 Å². The highest BCUT2D eigenvalue weighted by atomic mass is 16.5. The summed E-state index contributed by atoms with van der Waals surface area (Å²) in [6.07, 6.45) is 3.64. The minimum Gasteiger partial charge on any atom is -0.496 e. The maximum Gasteiger partial charge on any atom is 0.126 e. The Morgan fingerprint density at radius 1 is 0.857 bits per heavy atom. The fourth-order valence-electron chi connectivity index (χ4n) is 3.59. The molecule has 0 aliphatic carbocycles. The molecule has 0 amide bonds. The predicted molar refractivity (Wildman–Crippen MR) is 119 cm³/mol. The van der Waals surface area contributed by atoms with E-state index in [0.29, 0.717) is 0 Å². The molecule has 28 heavy (non-hydrogen) atoms. The van der Waals surface area contributed by atoms with Gasteiger partial charge in [0.2, 0.25) is 0 Å². The van der Waals surface area contributed by atoms with Gasteiger partial charge in [-0.2, -0.15) is 0 Å². The normalized spacial score (nSPS) is 10.8. The van der Waals surface area contributed by atoms with Gasteiger partial charge in [0.1, 0.15) is 5.75 Å². The molecule has 3 aromatic carbocycles. The summed E-state index contributed by atoms with van der Waals surface area (Å²) in [5.41, 5.74) is 7.83. The number of hydrogen-bond donors (Lipinski definition) is 0. The maximum absolute atomic E-state index is 5.53. The number of nitrogens with zero attached hydrogens (tertiary/aromatic N) is 1. The molecule has 0 N–H and O–H groups in total. The van der Waals surface area contributed by atoms with Gasteiger partial charge in [-0.05, 0) is 59.5 Å². The summed E-state index contributed by atoms with van der Waals surface area (Å²) in [5, 5.41) is 2.50. The average molecular weight is 365 g/mol. The molecular weight excluding hydrogens is 342 g/mol. The molecule has 4 rings (SSSR count). The lowest BCUT2D eigenvalue weighted by atomic mass is 9.95. The third-order valence-electron chi connectivity index (χ3n) is 5.30. The van der Waals surface area contributed by atoms with Crippen LogP contribution < -0.4 is 4.74 Å². The van der Waals surface area contributed by atoms with Crippen LogP contribution in [0.25, 0.3) is 39.2 Å². The average Bonchev–Trinajstić information content (AvgIpc) is 2.73. The Bertz CT molecular complexity index is 1190. The van der Waals surface area contributed by atoms with Crippen molar-refractivity contribution >= 4 is 16.8 Å². The molecule has 0 aliphatic heterocycles. The Morgan fingerprint density at radius 2 is 1.61 bits per heavy atom. The SMILES string of the molecule is C=Cc1ccc(-c2ncccc2-c2ccc3cc(C)c(C)cc3c2)cc1OC. The topological polar surface area (TPSA) is 22.1 Å². The van der Waals surface area contributed by atoms with Crippen LogP contribution in [0.4, 0.5) is 0 Å². The molecule has 0 bridgehead atoms. The van der Waals surface area contributed by atoms with E-state index < -0.39 is 0 Å². The summed E-state index contributed by atoms with van der Waals surface area (Å²) >= 11 is 0. The summed E-state index contributed by atoms with van der Waals surface area (Å²) in [5.74, 6) is 0.800. The zero-order valence-corrected chi connectivity index (χ0v) is 16.5. The van der Waals surface area contributed by atoms with Crippen LogP contribution in [0.3, 0.4) is 0 Å². The Hall–Kier alpha value is -3.39. The van der Waals surface area contributed by atoms with Crippen molar-refractivity contribution in [1.82, 2.24) is 4.98 Å². The zero-order chi connectivity index (χ0) is 19.7. The molecule has 0 atom stereocenters. The predicted octanol–water partition coefficient (Wildman–Crippen LogP) is 6.84. The molecule has 0 fully saturated rings. The molecule has 0 saturated carbocycles. The third kappa shape index (κ3) is 3.18. The molecule has 4 aromatic rings. The van der Waals surface area contributed by atoms with Crippen molar-refractivity contribution in [3.63, 3.8) is 0 Å². The highest BCUT2D eigenvalue weighted by molar-refractivity contribution is 5.91. The quantitative estimate of drug-likeness (QED) is 0.395. The lowest BCUT2D eigenvalue weighted by molar-refractivity contribution is 0.414. The van der Waals surface area contributed by atoms with E-state index in [-0.39, 0.29) is 0 Å². The van der Waals surface area contributed by atoms with Gasteiger partial charge in [0.25, 0.3) is 0 Å². The van der Waals surface area contributed by atoms with Gasteiger partial charge in [-0.25, -0.2) is 0 Å². The maximum atomic E-state index is 5.53. The van der Waals surface area contributed by atoms with Gasteiger partial charge in [-0.3, -0.25) is 4.98 Å². The number of aromatic nitrogens is 1. The van der Waals surface area contributed by atoms with Crippen LogP contribution in [0.15, 0.2) is 73.4 Å². The van der Waals surface area contributed by atoms with Crippen molar-refractivity contribution in [1.29, 1.82) is 0 Å². The monoisotopic (exact) mass is 365 g/mol. The molecule has 0 spiro atoms.